The van der Waals surface area contributed by atoms with Gasteiger partial charge in [-0.2, -0.15) is 0 Å². The van der Waals surface area contributed by atoms with Gasteiger partial charge in [0.1, 0.15) is 24.2 Å². The fourth-order valence-corrected chi connectivity index (χ4v) is 3.69. The number of phenols is 1. The summed E-state index contributed by atoms with van der Waals surface area (Å²) in [4.78, 5) is 6.75. The standard InChI is InChI=1S/C23H30N2O3/c1-17-6-5-7-18(2)25(17)15-21(26)16-28-22-12-10-20(11-13-22)24-14-19-8-3-4-9-23(19)27/h3-4,8-14,17-18,21,26-27H,5-7,15-16H2,1-2H3/t17-,18+,21-/m1/s1. The molecule has 2 N–H and O–H groups in total. The number of phenolic OH excluding ortho intramolecular Hbond substituents is 1. The van der Waals surface area contributed by atoms with Gasteiger partial charge in [-0.1, -0.05) is 18.6 Å². The van der Waals surface area contributed by atoms with Crippen LogP contribution in [0.1, 0.15) is 38.7 Å². The van der Waals surface area contributed by atoms with Crippen LogP contribution >= 0.6 is 0 Å². The van der Waals surface area contributed by atoms with Gasteiger partial charge in [-0.3, -0.25) is 9.89 Å². The lowest BCUT2D eigenvalue weighted by atomic mass is 9.97. The van der Waals surface area contributed by atoms with Crippen LogP contribution in [-0.4, -0.2) is 52.7 Å². The van der Waals surface area contributed by atoms with Crippen LogP contribution in [0.5, 0.6) is 11.5 Å². The van der Waals surface area contributed by atoms with Crippen LogP contribution in [0.15, 0.2) is 53.5 Å². The van der Waals surface area contributed by atoms with Crippen LogP contribution in [0.3, 0.4) is 0 Å². The van der Waals surface area contributed by atoms with Crippen molar-refractivity contribution in [1.29, 1.82) is 0 Å². The highest BCUT2D eigenvalue weighted by atomic mass is 16.5. The largest absolute Gasteiger partial charge is 0.507 e. The van der Waals surface area contributed by atoms with Gasteiger partial charge >= 0.3 is 0 Å². The second-order valence-electron chi connectivity index (χ2n) is 7.60. The molecule has 0 unspecified atom stereocenters. The Morgan fingerprint density at radius 2 is 1.79 bits per heavy atom. The summed E-state index contributed by atoms with van der Waals surface area (Å²) in [5.41, 5.74) is 1.44. The highest BCUT2D eigenvalue weighted by Crippen LogP contribution is 2.23. The van der Waals surface area contributed by atoms with E-state index in [1.165, 1.54) is 19.3 Å². The van der Waals surface area contributed by atoms with E-state index in [0.717, 1.165) is 5.69 Å². The Morgan fingerprint density at radius 1 is 1.11 bits per heavy atom. The number of benzene rings is 2. The number of aliphatic imine (C=N–C) groups is 1. The number of nitrogens with zero attached hydrogens (tertiary/aromatic N) is 2. The van der Waals surface area contributed by atoms with Gasteiger partial charge < -0.3 is 14.9 Å². The lowest BCUT2D eigenvalue weighted by Gasteiger charge is -2.40. The predicted octanol–water partition coefficient (Wildman–Crippen LogP) is 4.15. The van der Waals surface area contributed by atoms with Crippen molar-refractivity contribution >= 4 is 11.9 Å². The van der Waals surface area contributed by atoms with Gasteiger partial charge in [-0.05, 0) is 63.1 Å². The topological polar surface area (TPSA) is 65.3 Å². The lowest BCUT2D eigenvalue weighted by molar-refractivity contribution is 0.0209. The number of para-hydroxylation sites is 1. The Bertz CT molecular complexity index is 766. The van der Waals surface area contributed by atoms with Crippen molar-refractivity contribution in [3.05, 3.63) is 54.1 Å². The Kier molecular flexibility index (Phi) is 7.06. The van der Waals surface area contributed by atoms with Gasteiger partial charge in [-0.25, -0.2) is 0 Å². The fourth-order valence-electron chi connectivity index (χ4n) is 3.69. The van der Waals surface area contributed by atoms with Gasteiger partial charge in [0.15, 0.2) is 0 Å². The zero-order chi connectivity index (χ0) is 19.9. The van der Waals surface area contributed by atoms with Crippen LogP contribution < -0.4 is 4.74 Å². The third-order valence-electron chi connectivity index (χ3n) is 5.37. The van der Waals surface area contributed by atoms with E-state index in [1.807, 2.05) is 36.4 Å². The van der Waals surface area contributed by atoms with Crippen molar-refractivity contribution in [3.63, 3.8) is 0 Å². The van der Waals surface area contributed by atoms with Crippen LogP contribution in [-0.2, 0) is 0 Å². The second-order valence-corrected chi connectivity index (χ2v) is 7.60. The molecule has 0 saturated carbocycles. The Balaban J connectivity index is 1.49. The molecule has 1 aliphatic rings. The number of likely N-dealkylation sites (tertiary alicyclic amines) is 1. The first-order chi connectivity index (χ1) is 13.5. The van der Waals surface area contributed by atoms with Gasteiger partial charge in [0.2, 0.25) is 0 Å². The van der Waals surface area contributed by atoms with Crippen LogP contribution in [0.2, 0.25) is 0 Å². The number of aliphatic hydroxyl groups is 1. The number of rotatable bonds is 7. The maximum atomic E-state index is 10.4. The summed E-state index contributed by atoms with van der Waals surface area (Å²) in [6.45, 7) is 5.39. The third-order valence-corrected chi connectivity index (χ3v) is 5.37. The Labute approximate surface area is 167 Å². The number of aliphatic hydroxyl groups excluding tert-OH is 1. The minimum atomic E-state index is -0.512. The minimum Gasteiger partial charge on any atom is -0.507 e. The molecule has 2 aromatic rings. The SMILES string of the molecule is C[C@@H]1CCC[C@H](C)N1C[C@@H](O)COc1ccc(N=Cc2ccccc2O)cc1. The summed E-state index contributed by atoms with van der Waals surface area (Å²) in [5, 5.41) is 20.1. The van der Waals surface area contributed by atoms with Crippen LogP contribution in [0, 0.1) is 0 Å². The molecule has 1 fully saturated rings. The minimum absolute atomic E-state index is 0.206. The number of aromatic hydroxyl groups is 1. The number of hydrogen-bond donors (Lipinski definition) is 2. The van der Waals surface area contributed by atoms with E-state index >= 15 is 0 Å². The second kappa shape index (κ2) is 9.71. The Morgan fingerprint density at radius 3 is 2.46 bits per heavy atom. The number of hydrogen-bond acceptors (Lipinski definition) is 5. The van der Waals surface area contributed by atoms with Gasteiger partial charge in [0, 0.05) is 30.4 Å². The predicted molar refractivity (Wildman–Crippen MR) is 113 cm³/mol. The summed E-state index contributed by atoms with van der Waals surface area (Å²) in [6.07, 6.45) is 4.78. The molecule has 0 aromatic heterocycles. The van der Waals surface area contributed by atoms with Crippen molar-refractivity contribution in [3.8, 4) is 11.5 Å². The molecule has 5 nitrogen and oxygen atoms in total. The summed E-state index contributed by atoms with van der Waals surface area (Å²) >= 11 is 0. The molecule has 0 bridgehead atoms. The normalized spacial score (nSPS) is 21.7. The van der Waals surface area contributed by atoms with E-state index < -0.39 is 6.10 Å². The Hall–Kier alpha value is -2.37. The molecular formula is C23H30N2O3. The molecule has 2 aromatic carbocycles. The average Bonchev–Trinajstić information content (AvgIpc) is 2.69. The van der Waals surface area contributed by atoms with E-state index in [-0.39, 0.29) is 12.4 Å². The molecule has 0 radical (unpaired) electrons. The fraction of sp³-hybridized carbons (Fsp3) is 0.435. The smallest absolute Gasteiger partial charge is 0.124 e. The molecule has 1 saturated heterocycles. The summed E-state index contributed by atoms with van der Waals surface area (Å²) < 4.78 is 5.75. The molecular weight excluding hydrogens is 352 g/mol. The number of ether oxygens (including phenoxy) is 1. The van der Waals surface area contributed by atoms with Crippen LogP contribution in [0.25, 0.3) is 0 Å². The first-order valence-electron chi connectivity index (χ1n) is 10.0. The highest BCUT2D eigenvalue weighted by molar-refractivity contribution is 5.85. The molecule has 0 aliphatic carbocycles. The van der Waals surface area contributed by atoms with Gasteiger partial charge in [-0.15, -0.1) is 0 Å². The van der Waals surface area contributed by atoms with Crippen molar-refractivity contribution in [2.24, 2.45) is 4.99 Å². The highest BCUT2D eigenvalue weighted by Gasteiger charge is 2.26. The summed E-state index contributed by atoms with van der Waals surface area (Å²) in [5.74, 6) is 0.915. The molecule has 1 aliphatic heterocycles. The molecule has 0 spiro atoms. The van der Waals surface area contributed by atoms with Crippen LogP contribution in [0.4, 0.5) is 5.69 Å². The van der Waals surface area contributed by atoms with Gasteiger partial charge in [0.25, 0.3) is 0 Å². The first kappa shape index (κ1) is 20.4. The molecule has 150 valence electrons. The van der Waals surface area contributed by atoms with Crippen molar-refractivity contribution in [1.82, 2.24) is 4.90 Å². The monoisotopic (exact) mass is 382 g/mol. The van der Waals surface area contributed by atoms with E-state index in [4.69, 9.17) is 4.74 Å². The van der Waals surface area contributed by atoms with Crippen molar-refractivity contribution < 1.29 is 14.9 Å². The maximum absolute atomic E-state index is 10.4. The van der Waals surface area contributed by atoms with E-state index in [9.17, 15) is 10.2 Å². The number of β-amino-alcohol motifs (C(OH)–C–C–N with tert-alkyl or cyclic N) is 1. The van der Waals surface area contributed by atoms with Gasteiger partial charge in [0.05, 0.1) is 5.69 Å². The molecule has 5 heteroatoms. The lowest BCUT2D eigenvalue weighted by Crippen LogP contribution is -2.48. The molecule has 0 amide bonds. The van der Waals surface area contributed by atoms with E-state index in [1.54, 1.807) is 18.3 Å². The number of piperidine rings is 1. The maximum Gasteiger partial charge on any atom is 0.124 e. The average molecular weight is 383 g/mol. The molecule has 3 atom stereocenters. The zero-order valence-electron chi connectivity index (χ0n) is 16.7. The first-order valence-corrected chi connectivity index (χ1v) is 10.0. The quantitative estimate of drug-likeness (QED) is 0.706. The van der Waals surface area contributed by atoms with E-state index in [0.29, 0.717) is 29.9 Å². The zero-order valence-corrected chi connectivity index (χ0v) is 16.7. The third kappa shape index (κ3) is 5.57. The van der Waals surface area contributed by atoms with Crippen molar-refractivity contribution in [2.75, 3.05) is 13.2 Å². The van der Waals surface area contributed by atoms with Crippen molar-refractivity contribution in [2.45, 2.75) is 51.3 Å². The molecule has 1 heterocycles. The summed E-state index contributed by atoms with van der Waals surface area (Å²) in [7, 11) is 0. The molecule has 3 rings (SSSR count). The van der Waals surface area contributed by atoms with E-state index in [2.05, 4.69) is 23.7 Å². The molecule has 28 heavy (non-hydrogen) atoms. The summed E-state index contributed by atoms with van der Waals surface area (Å²) in [6, 6.07) is 15.5.